The molecule has 0 saturated carbocycles. The molecular weight excluding hydrogens is 328 g/mol. The predicted molar refractivity (Wildman–Crippen MR) is 102 cm³/mol. The lowest BCUT2D eigenvalue weighted by atomic mass is 10.0. The van der Waals surface area contributed by atoms with Crippen molar-refractivity contribution in [2.75, 3.05) is 25.1 Å². The average Bonchev–Trinajstić information content (AvgIpc) is 2.89. The van der Waals surface area contributed by atoms with E-state index in [0.29, 0.717) is 30.0 Å². The smallest absolute Gasteiger partial charge is 0.277 e. The van der Waals surface area contributed by atoms with Crippen LogP contribution in [0.5, 0.6) is 5.75 Å². The number of carbonyl (C=O) groups excluding carboxylic acids is 2. The van der Waals surface area contributed by atoms with Gasteiger partial charge in [-0.25, -0.2) is 0 Å². The zero-order valence-electron chi connectivity index (χ0n) is 15.2. The van der Waals surface area contributed by atoms with Gasteiger partial charge < -0.3 is 9.64 Å². The van der Waals surface area contributed by atoms with Gasteiger partial charge in [-0.3, -0.25) is 14.5 Å². The Balaban J connectivity index is 2.12. The summed E-state index contributed by atoms with van der Waals surface area (Å²) in [4.78, 5) is 28.7. The van der Waals surface area contributed by atoms with Gasteiger partial charge in [-0.1, -0.05) is 30.3 Å². The highest BCUT2D eigenvalue weighted by molar-refractivity contribution is 6.36. The number of likely N-dealkylation sites (N-methyl/N-ethyl adjacent to an activating group) is 2. The van der Waals surface area contributed by atoms with Gasteiger partial charge in [0.1, 0.15) is 11.4 Å². The van der Waals surface area contributed by atoms with Gasteiger partial charge in [0.05, 0.1) is 12.2 Å². The van der Waals surface area contributed by atoms with E-state index in [0.717, 1.165) is 11.4 Å². The largest absolute Gasteiger partial charge is 0.494 e. The van der Waals surface area contributed by atoms with Crippen molar-refractivity contribution in [2.45, 2.75) is 13.8 Å². The molecule has 1 aliphatic heterocycles. The standard InChI is InChI=1S/C21H22N2O3/c1-4-23(16-9-7-6-8-10-16)19-18(20(24)22(3)21(19)25)15-11-13-17(14-12-15)26-5-2/h6-14H,4-5H2,1-3H3. The molecule has 134 valence electrons. The van der Waals surface area contributed by atoms with Crippen LogP contribution in [-0.2, 0) is 9.59 Å². The molecule has 5 heteroatoms. The molecule has 0 radical (unpaired) electrons. The van der Waals surface area contributed by atoms with E-state index in [-0.39, 0.29) is 11.8 Å². The summed E-state index contributed by atoms with van der Waals surface area (Å²) in [7, 11) is 1.52. The van der Waals surface area contributed by atoms with Crippen molar-refractivity contribution in [1.82, 2.24) is 4.90 Å². The Morgan fingerprint density at radius 3 is 2.15 bits per heavy atom. The Kier molecular flexibility index (Phi) is 5.07. The molecule has 0 saturated heterocycles. The molecule has 0 aliphatic carbocycles. The number of para-hydroxylation sites is 1. The molecule has 0 N–H and O–H groups in total. The summed E-state index contributed by atoms with van der Waals surface area (Å²) in [6.45, 7) is 5.03. The Morgan fingerprint density at radius 1 is 0.923 bits per heavy atom. The van der Waals surface area contributed by atoms with Crippen LogP contribution in [0.1, 0.15) is 19.4 Å². The van der Waals surface area contributed by atoms with Gasteiger partial charge in [0, 0.05) is 19.3 Å². The van der Waals surface area contributed by atoms with E-state index in [9.17, 15) is 9.59 Å². The van der Waals surface area contributed by atoms with Gasteiger partial charge >= 0.3 is 0 Å². The van der Waals surface area contributed by atoms with Gasteiger partial charge in [-0.2, -0.15) is 0 Å². The van der Waals surface area contributed by atoms with Crippen molar-refractivity contribution in [2.24, 2.45) is 0 Å². The van der Waals surface area contributed by atoms with Gasteiger partial charge in [-0.05, 0) is 43.7 Å². The van der Waals surface area contributed by atoms with Crippen LogP contribution in [0.2, 0.25) is 0 Å². The number of imide groups is 1. The topological polar surface area (TPSA) is 49.9 Å². The fraction of sp³-hybridized carbons (Fsp3) is 0.238. The van der Waals surface area contributed by atoms with E-state index >= 15 is 0 Å². The van der Waals surface area contributed by atoms with Crippen molar-refractivity contribution in [3.8, 4) is 5.75 Å². The molecule has 0 fully saturated rings. The van der Waals surface area contributed by atoms with Crippen LogP contribution in [0.25, 0.3) is 5.57 Å². The van der Waals surface area contributed by atoms with E-state index in [1.54, 1.807) is 0 Å². The monoisotopic (exact) mass is 350 g/mol. The normalized spacial score (nSPS) is 14.2. The first kappa shape index (κ1) is 17.7. The highest BCUT2D eigenvalue weighted by Crippen LogP contribution is 2.34. The minimum Gasteiger partial charge on any atom is -0.494 e. The molecular formula is C21H22N2O3. The predicted octanol–water partition coefficient (Wildman–Crippen LogP) is 3.32. The Hall–Kier alpha value is -3.08. The number of nitrogens with zero attached hydrogens (tertiary/aromatic N) is 2. The van der Waals surface area contributed by atoms with E-state index in [1.807, 2.05) is 73.3 Å². The zero-order chi connectivity index (χ0) is 18.7. The van der Waals surface area contributed by atoms with E-state index in [4.69, 9.17) is 4.74 Å². The minimum absolute atomic E-state index is 0.287. The van der Waals surface area contributed by atoms with Gasteiger partial charge in [0.15, 0.2) is 0 Å². The van der Waals surface area contributed by atoms with Crippen molar-refractivity contribution < 1.29 is 14.3 Å². The summed E-state index contributed by atoms with van der Waals surface area (Å²) in [5, 5.41) is 0. The molecule has 5 nitrogen and oxygen atoms in total. The van der Waals surface area contributed by atoms with Crippen LogP contribution in [0.4, 0.5) is 5.69 Å². The molecule has 2 aromatic rings. The molecule has 26 heavy (non-hydrogen) atoms. The van der Waals surface area contributed by atoms with Crippen LogP contribution < -0.4 is 9.64 Å². The first-order valence-corrected chi connectivity index (χ1v) is 8.71. The molecule has 3 rings (SSSR count). The molecule has 0 bridgehead atoms. The Bertz CT molecular complexity index is 841. The van der Waals surface area contributed by atoms with Gasteiger partial charge in [0.25, 0.3) is 11.8 Å². The molecule has 1 heterocycles. The second-order valence-corrected chi connectivity index (χ2v) is 5.93. The summed E-state index contributed by atoms with van der Waals surface area (Å²) in [5.41, 5.74) is 2.42. The maximum absolute atomic E-state index is 12.8. The molecule has 2 aromatic carbocycles. The molecule has 2 amide bonds. The number of anilines is 1. The second kappa shape index (κ2) is 7.44. The third-order valence-electron chi connectivity index (χ3n) is 4.37. The zero-order valence-corrected chi connectivity index (χ0v) is 15.2. The molecule has 1 aliphatic rings. The molecule has 0 aromatic heterocycles. The molecule has 0 atom stereocenters. The number of hydrogen-bond acceptors (Lipinski definition) is 4. The van der Waals surface area contributed by atoms with Crippen LogP contribution in [0.15, 0.2) is 60.3 Å². The highest BCUT2D eigenvalue weighted by Gasteiger charge is 2.39. The summed E-state index contributed by atoms with van der Waals surface area (Å²) in [6.07, 6.45) is 0. The van der Waals surface area contributed by atoms with E-state index < -0.39 is 0 Å². The quantitative estimate of drug-likeness (QED) is 0.750. The van der Waals surface area contributed by atoms with Gasteiger partial charge in [0.2, 0.25) is 0 Å². The number of benzene rings is 2. The first-order chi connectivity index (χ1) is 12.6. The van der Waals surface area contributed by atoms with Crippen LogP contribution in [0, 0.1) is 0 Å². The number of carbonyl (C=O) groups is 2. The number of amides is 2. The number of rotatable bonds is 6. The number of ether oxygens (including phenoxy) is 1. The SMILES string of the molecule is CCOc1ccc(C2=C(N(CC)c3ccccc3)C(=O)N(C)C2=O)cc1. The Labute approximate surface area is 153 Å². The van der Waals surface area contributed by atoms with Crippen LogP contribution >= 0.6 is 0 Å². The van der Waals surface area contributed by atoms with Crippen molar-refractivity contribution in [1.29, 1.82) is 0 Å². The third kappa shape index (κ3) is 3.08. The second-order valence-electron chi connectivity index (χ2n) is 5.93. The highest BCUT2D eigenvalue weighted by atomic mass is 16.5. The maximum Gasteiger partial charge on any atom is 0.277 e. The maximum atomic E-state index is 12.8. The summed E-state index contributed by atoms with van der Waals surface area (Å²) < 4.78 is 5.47. The fourth-order valence-electron chi connectivity index (χ4n) is 3.10. The summed E-state index contributed by atoms with van der Waals surface area (Å²) >= 11 is 0. The van der Waals surface area contributed by atoms with Crippen molar-refractivity contribution in [3.63, 3.8) is 0 Å². The van der Waals surface area contributed by atoms with Gasteiger partial charge in [-0.15, -0.1) is 0 Å². The molecule has 0 spiro atoms. The fourth-order valence-corrected chi connectivity index (χ4v) is 3.10. The average molecular weight is 350 g/mol. The van der Waals surface area contributed by atoms with E-state index in [2.05, 4.69) is 0 Å². The van der Waals surface area contributed by atoms with Crippen molar-refractivity contribution in [3.05, 3.63) is 65.9 Å². The van der Waals surface area contributed by atoms with Crippen LogP contribution in [-0.4, -0.2) is 36.9 Å². The summed E-state index contributed by atoms with van der Waals surface area (Å²) in [6, 6.07) is 16.9. The third-order valence-corrected chi connectivity index (χ3v) is 4.37. The number of hydrogen-bond donors (Lipinski definition) is 0. The Morgan fingerprint density at radius 2 is 1.58 bits per heavy atom. The first-order valence-electron chi connectivity index (χ1n) is 8.71. The minimum atomic E-state index is -0.288. The molecule has 0 unspecified atom stereocenters. The lowest BCUT2D eigenvalue weighted by Gasteiger charge is -2.24. The van der Waals surface area contributed by atoms with Crippen molar-refractivity contribution >= 4 is 23.1 Å². The van der Waals surface area contributed by atoms with Crippen LogP contribution in [0.3, 0.4) is 0 Å². The lowest BCUT2D eigenvalue weighted by Crippen LogP contribution is -2.32. The summed E-state index contributed by atoms with van der Waals surface area (Å²) in [5.74, 6) is 0.159. The van der Waals surface area contributed by atoms with E-state index in [1.165, 1.54) is 11.9 Å². The lowest BCUT2D eigenvalue weighted by molar-refractivity contribution is -0.135.